The van der Waals surface area contributed by atoms with Crippen molar-refractivity contribution in [2.24, 2.45) is 0 Å². The highest BCUT2D eigenvalue weighted by Crippen LogP contribution is 2.43. The summed E-state index contributed by atoms with van der Waals surface area (Å²) in [5.74, 6) is 0.292. The van der Waals surface area contributed by atoms with E-state index in [2.05, 4.69) is 5.32 Å². The van der Waals surface area contributed by atoms with Gasteiger partial charge in [-0.05, 0) is 11.6 Å². The summed E-state index contributed by atoms with van der Waals surface area (Å²) in [6.07, 6.45) is 3.34. The van der Waals surface area contributed by atoms with E-state index in [1.165, 1.54) is 12.5 Å². The van der Waals surface area contributed by atoms with Crippen LogP contribution in [0.2, 0.25) is 0 Å². The molecule has 0 saturated carbocycles. The molecule has 0 bridgehead atoms. The number of carbonyl (C=O) groups is 1. The minimum atomic E-state index is -0.864. The Morgan fingerprint density at radius 1 is 1.38 bits per heavy atom. The van der Waals surface area contributed by atoms with E-state index in [-0.39, 0.29) is 0 Å². The van der Waals surface area contributed by atoms with Gasteiger partial charge in [0.25, 0.3) is 0 Å². The predicted molar refractivity (Wildman–Crippen MR) is 55.6 cm³/mol. The Kier molecular flexibility index (Phi) is 1.80. The zero-order valence-corrected chi connectivity index (χ0v) is 8.27. The van der Waals surface area contributed by atoms with E-state index in [9.17, 15) is 4.79 Å². The lowest BCUT2D eigenvalue weighted by Crippen LogP contribution is -2.26. The Bertz CT molecular complexity index is 495. The van der Waals surface area contributed by atoms with Crippen molar-refractivity contribution in [2.75, 3.05) is 5.32 Å². The van der Waals surface area contributed by atoms with Gasteiger partial charge in [0.2, 0.25) is 0 Å². The number of anilines is 1. The van der Waals surface area contributed by atoms with E-state index in [1.807, 2.05) is 6.07 Å². The fourth-order valence-corrected chi connectivity index (χ4v) is 1.93. The minimum Gasteiger partial charge on any atom is -0.480 e. The molecule has 2 heterocycles. The van der Waals surface area contributed by atoms with E-state index < -0.39 is 12.0 Å². The Morgan fingerprint density at radius 3 is 3.00 bits per heavy atom. The Labute approximate surface area is 91.3 Å². The highest BCUT2D eigenvalue weighted by atomic mass is 16.5. The lowest BCUT2D eigenvalue weighted by Gasteiger charge is -2.15. The van der Waals surface area contributed by atoms with E-state index >= 15 is 0 Å². The maximum atomic E-state index is 10.9. The van der Waals surface area contributed by atoms with Gasteiger partial charge in [0.15, 0.2) is 11.5 Å². The summed E-state index contributed by atoms with van der Waals surface area (Å²) in [5, 5.41) is 11.9. The van der Waals surface area contributed by atoms with Crippen LogP contribution in [0.15, 0.2) is 24.7 Å². The van der Waals surface area contributed by atoms with Crippen molar-refractivity contribution < 1.29 is 19.4 Å². The molecule has 1 unspecified atom stereocenters. The summed E-state index contributed by atoms with van der Waals surface area (Å²) in [5.41, 5.74) is 1.65. The highest BCUT2D eigenvalue weighted by molar-refractivity contribution is 5.84. The number of benzene rings is 1. The van der Waals surface area contributed by atoms with Crippen LogP contribution in [-0.4, -0.2) is 17.1 Å². The Morgan fingerprint density at radius 2 is 2.19 bits per heavy atom. The number of carboxylic acids is 1. The second-order valence-electron chi connectivity index (χ2n) is 3.67. The Balaban J connectivity index is 2.03. The molecule has 5 nitrogen and oxygen atoms in total. The molecule has 0 aliphatic carbocycles. The second kappa shape index (κ2) is 3.16. The summed E-state index contributed by atoms with van der Waals surface area (Å²) in [6, 6.07) is 3.05. The molecule has 3 rings (SSSR count). The van der Waals surface area contributed by atoms with Gasteiger partial charge in [-0.25, -0.2) is 4.79 Å². The van der Waals surface area contributed by atoms with Crippen LogP contribution in [0.25, 0.3) is 0 Å². The number of ether oxygens (including phenoxy) is 2. The van der Waals surface area contributed by atoms with Gasteiger partial charge in [-0.15, -0.1) is 0 Å². The van der Waals surface area contributed by atoms with E-state index in [0.717, 1.165) is 5.56 Å². The van der Waals surface area contributed by atoms with Crippen molar-refractivity contribution in [3.63, 3.8) is 0 Å². The van der Waals surface area contributed by atoms with Crippen molar-refractivity contribution >= 4 is 11.7 Å². The van der Waals surface area contributed by atoms with Gasteiger partial charge in [-0.2, -0.15) is 0 Å². The number of carboxylic acid groups (broad SMARTS) is 1. The molecule has 1 atom stereocenters. The molecule has 1 aromatic carbocycles. The first-order valence-corrected chi connectivity index (χ1v) is 4.89. The fraction of sp³-hybridized carbons (Fsp3) is 0.182. The van der Waals surface area contributed by atoms with Crippen molar-refractivity contribution in [1.29, 1.82) is 0 Å². The average molecular weight is 219 g/mol. The van der Waals surface area contributed by atoms with Crippen LogP contribution >= 0.6 is 0 Å². The van der Waals surface area contributed by atoms with Gasteiger partial charge in [0, 0.05) is 6.42 Å². The molecule has 2 aliphatic heterocycles. The Hall–Kier alpha value is -2.17. The molecule has 0 aromatic heterocycles. The van der Waals surface area contributed by atoms with Gasteiger partial charge < -0.3 is 19.9 Å². The van der Waals surface area contributed by atoms with Gasteiger partial charge in [-0.3, -0.25) is 0 Å². The first-order chi connectivity index (χ1) is 7.75. The van der Waals surface area contributed by atoms with Crippen molar-refractivity contribution in [3.8, 4) is 11.5 Å². The van der Waals surface area contributed by atoms with E-state index in [1.54, 1.807) is 6.07 Å². The lowest BCUT2D eigenvalue weighted by molar-refractivity contribution is -0.137. The van der Waals surface area contributed by atoms with Crippen LogP contribution in [0.4, 0.5) is 5.69 Å². The standard InChI is InChI=1S/C11H9NO4/c13-11(14)7-5-6-1-2-8-10(9(6)12-7)16-4-3-15-8/h1-4,7,12H,5H2,(H,13,14). The SMILES string of the molecule is O=C(O)C1Cc2ccc3c(c2N1)OC=CO3. The number of rotatable bonds is 1. The van der Waals surface area contributed by atoms with Crippen LogP contribution in [0.1, 0.15) is 5.56 Å². The molecule has 0 amide bonds. The molecular weight excluding hydrogens is 210 g/mol. The van der Waals surface area contributed by atoms with E-state index in [4.69, 9.17) is 14.6 Å². The van der Waals surface area contributed by atoms with Gasteiger partial charge in [0.1, 0.15) is 18.6 Å². The summed E-state index contributed by atoms with van der Waals surface area (Å²) in [7, 11) is 0. The average Bonchev–Trinajstić information content (AvgIpc) is 2.73. The lowest BCUT2D eigenvalue weighted by atomic mass is 10.1. The molecule has 5 heteroatoms. The minimum absolute atomic E-state index is 0.463. The highest BCUT2D eigenvalue weighted by Gasteiger charge is 2.30. The maximum Gasteiger partial charge on any atom is 0.326 e. The molecule has 0 spiro atoms. The zero-order valence-electron chi connectivity index (χ0n) is 8.27. The molecule has 2 aliphatic rings. The number of hydrogen-bond donors (Lipinski definition) is 2. The molecule has 0 fully saturated rings. The number of aliphatic carboxylic acids is 1. The van der Waals surface area contributed by atoms with Crippen LogP contribution in [0.5, 0.6) is 11.5 Å². The van der Waals surface area contributed by atoms with E-state index in [0.29, 0.717) is 23.6 Å². The normalized spacial score (nSPS) is 20.1. The maximum absolute atomic E-state index is 10.9. The van der Waals surface area contributed by atoms with Crippen LogP contribution in [-0.2, 0) is 11.2 Å². The summed E-state index contributed by atoms with van der Waals surface area (Å²) in [6.45, 7) is 0. The smallest absolute Gasteiger partial charge is 0.326 e. The third-order valence-electron chi connectivity index (χ3n) is 2.69. The van der Waals surface area contributed by atoms with Crippen molar-refractivity contribution in [3.05, 3.63) is 30.2 Å². The van der Waals surface area contributed by atoms with Gasteiger partial charge in [0.05, 0.1) is 5.69 Å². The summed E-state index contributed by atoms with van der Waals surface area (Å²) < 4.78 is 10.6. The molecule has 16 heavy (non-hydrogen) atoms. The predicted octanol–water partition coefficient (Wildman–Crippen LogP) is 1.35. The van der Waals surface area contributed by atoms with Crippen molar-refractivity contribution in [1.82, 2.24) is 0 Å². The summed E-state index contributed by atoms with van der Waals surface area (Å²) in [4.78, 5) is 10.9. The monoisotopic (exact) mass is 219 g/mol. The number of nitrogens with one attached hydrogen (secondary N) is 1. The molecular formula is C11H9NO4. The number of hydrogen-bond acceptors (Lipinski definition) is 4. The third-order valence-corrected chi connectivity index (χ3v) is 2.69. The molecule has 82 valence electrons. The zero-order chi connectivity index (χ0) is 11.1. The molecule has 0 radical (unpaired) electrons. The summed E-state index contributed by atoms with van der Waals surface area (Å²) >= 11 is 0. The molecule has 2 N–H and O–H groups in total. The van der Waals surface area contributed by atoms with Gasteiger partial charge in [-0.1, -0.05) is 6.07 Å². The first-order valence-electron chi connectivity index (χ1n) is 4.89. The van der Waals surface area contributed by atoms with Crippen LogP contribution < -0.4 is 14.8 Å². The fourth-order valence-electron chi connectivity index (χ4n) is 1.93. The molecule has 0 saturated heterocycles. The largest absolute Gasteiger partial charge is 0.480 e. The van der Waals surface area contributed by atoms with Crippen LogP contribution in [0.3, 0.4) is 0 Å². The third kappa shape index (κ3) is 1.21. The van der Waals surface area contributed by atoms with Crippen molar-refractivity contribution in [2.45, 2.75) is 12.5 Å². The number of fused-ring (bicyclic) bond motifs is 3. The first kappa shape index (κ1) is 9.08. The quantitative estimate of drug-likeness (QED) is 0.746. The molecule has 1 aromatic rings. The van der Waals surface area contributed by atoms with Crippen LogP contribution in [0, 0.1) is 0 Å². The second-order valence-corrected chi connectivity index (χ2v) is 3.67. The van der Waals surface area contributed by atoms with Gasteiger partial charge >= 0.3 is 5.97 Å². The topological polar surface area (TPSA) is 67.8 Å².